The van der Waals surface area contributed by atoms with Gasteiger partial charge >= 0.3 is 0 Å². The number of hydrogen-bond acceptors (Lipinski definition) is 2. The summed E-state index contributed by atoms with van der Waals surface area (Å²) in [5, 5.41) is 4.29. The average molecular weight is 277 g/mol. The quantitative estimate of drug-likeness (QED) is 0.882. The van der Waals surface area contributed by atoms with E-state index >= 15 is 0 Å². The number of benzene rings is 1. The molecule has 0 atom stereocenters. The SMILES string of the molecule is CC(C)CNCc1oc2ccc(F)cc2c1C(C)(C)C. The van der Waals surface area contributed by atoms with E-state index in [4.69, 9.17) is 4.42 Å². The molecule has 0 spiro atoms. The van der Waals surface area contributed by atoms with E-state index in [1.807, 2.05) is 0 Å². The van der Waals surface area contributed by atoms with E-state index in [0.29, 0.717) is 12.5 Å². The van der Waals surface area contributed by atoms with E-state index < -0.39 is 0 Å². The minimum Gasteiger partial charge on any atom is -0.459 e. The van der Waals surface area contributed by atoms with Gasteiger partial charge in [-0.1, -0.05) is 34.6 Å². The third kappa shape index (κ3) is 3.21. The zero-order valence-corrected chi connectivity index (χ0v) is 13.0. The molecule has 0 aliphatic carbocycles. The zero-order chi connectivity index (χ0) is 14.9. The molecule has 110 valence electrons. The second kappa shape index (κ2) is 5.57. The smallest absolute Gasteiger partial charge is 0.134 e. The number of hydrogen-bond donors (Lipinski definition) is 1. The van der Waals surface area contributed by atoms with Gasteiger partial charge in [-0.2, -0.15) is 0 Å². The molecule has 0 saturated carbocycles. The lowest BCUT2D eigenvalue weighted by atomic mass is 9.84. The molecular weight excluding hydrogens is 253 g/mol. The summed E-state index contributed by atoms with van der Waals surface area (Å²) >= 11 is 0. The number of furan rings is 1. The van der Waals surface area contributed by atoms with Crippen LogP contribution in [0.2, 0.25) is 0 Å². The number of fused-ring (bicyclic) bond motifs is 1. The largest absolute Gasteiger partial charge is 0.459 e. The van der Waals surface area contributed by atoms with Crippen LogP contribution in [0.25, 0.3) is 11.0 Å². The molecule has 3 heteroatoms. The van der Waals surface area contributed by atoms with Crippen LogP contribution in [-0.2, 0) is 12.0 Å². The highest BCUT2D eigenvalue weighted by molar-refractivity contribution is 5.83. The molecule has 0 radical (unpaired) electrons. The minimum atomic E-state index is -0.217. The molecule has 1 aromatic carbocycles. The Morgan fingerprint density at radius 2 is 1.95 bits per heavy atom. The van der Waals surface area contributed by atoms with Gasteiger partial charge in [0.15, 0.2) is 0 Å². The van der Waals surface area contributed by atoms with Crippen molar-refractivity contribution in [3.05, 3.63) is 35.3 Å². The van der Waals surface area contributed by atoms with Gasteiger partial charge in [-0.25, -0.2) is 4.39 Å². The second-order valence-electron chi connectivity index (χ2n) is 6.82. The molecule has 2 nitrogen and oxygen atoms in total. The van der Waals surface area contributed by atoms with Crippen molar-refractivity contribution < 1.29 is 8.81 Å². The average Bonchev–Trinajstić information content (AvgIpc) is 2.65. The highest BCUT2D eigenvalue weighted by Gasteiger charge is 2.25. The van der Waals surface area contributed by atoms with Gasteiger partial charge in [0.05, 0.1) is 6.54 Å². The number of nitrogens with one attached hydrogen (secondary N) is 1. The summed E-state index contributed by atoms with van der Waals surface area (Å²) < 4.78 is 19.4. The molecule has 2 aromatic rings. The van der Waals surface area contributed by atoms with Crippen molar-refractivity contribution in [2.75, 3.05) is 6.54 Å². The Morgan fingerprint density at radius 1 is 1.25 bits per heavy atom. The van der Waals surface area contributed by atoms with E-state index in [0.717, 1.165) is 28.8 Å². The van der Waals surface area contributed by atoms with Crippen molar-refractivity contribution in [2.24, 2.45) is 5.92 Å². The molecule has 0 amide bonds. The van der Waals surface area contributed by atoms with Gasteiger partial charge in [-0.05, 0) is 36.1 Å². The maximum absolute atomic E-state index is 13.5. The fourth-order valence-electron chi connectivity index (χ4n) is 2.54. The summed E-state index contributed by atoms with van der Waals surface area (Å²) in [5.41, 5.74) is 1.79. The molecule has 0 aliphatic heterocycles. The predicted molar refractivity (Wildman–Crippen MR) is 81.4 cm³/mol. The Balaban J connectivity index is 2.42. The summed E-state index contributed by atoms with van der Waals surface area (Å²) in [7, 11) is 0. The van der Waals surface area contributed by atoms with Gasteiger partial charge in [0.1, 0.15) is 17.2 Å². The van der Waals surface area contributed by atoms with Gasteiger partial charge in [-0.3, -0.25) is 0 Å². The van der Waals surface area contributed by atoms with Crippen LogP contribution in [0.4, 0.5) is 4.39 Å². The van der Waals surface area contributed by atoms with E-state index in [1.54, 1.807) is 12.1 Å². The molecular formula is C17H24FNO. The standard InChI is InChI=1S/C17H24FNO/c1-11(2)9-19-10-15-16(17(3,4)5)13-8-12(18)6-7-14(13)20-15/h6-8,11,19H,9-10H2,1-5H3. The van der Waals surface area contributed by atoms with Crippen LogP contribution >= 0.6 is 0 Å². The molecule has 2 rings (SSSR count). The van der Waals surface area contributed by atoms with Crippen LogP contribution in [0.5, 0.6) is 0 Å². The third-order valence-corrected chi connectivity index (χ3v) is 3.31. The van der Waals surface area contributed by atoms with Crippen LogP contribution in [0.15, 0.2) is 22.6 Å². The Hall–Kier alpha value is -1.35. The molecule has 0 aliphatic rings. The maximum atomic E-state index is 13.5. The van der Waals surface area contributed by atoms with Gasteiger partial charge in [0, 0.05) is 10.9 Å². The fourth-order valence-corrected chi connectivity index (χ4v) is 2.54. The minimum absolute atomic E-state index is 0.0755. The summed E-state index contributed by atoms with van der Waals surface area (Å²) in [6.45, 7) is 12.4. The topological polar surface area (TPSA) is 25.2 Å². The fraction of sp³-hybridized carbons (Fsp3) is 0.529. The Labute approximate surface area is 120 Å². The molecule has 1 N–H and O–H groups in total. The van der Waals surface area contributed by atoms with Crippen LogP contribution in [0.1, 0.15) is 45.9 Å². The first-order valence-electron chi connectivity index (χ1n) is 7.21. The molecule has 1 heterocycles. The van der Waals surface area contributed by atoms with Crippen molar-refractivity contribution in [3.8, 4) is 0 Å². The van der Waals surface area contributed by atoms with Gasteiger partial charge in [0.2, 0.25) is 0 Å². The summed E-state index contributed by atoms with van der Waals surface area (Å²) in [4.78, 5) is 0. The zero-order valence-electron chi connectivity index (χ0n) is 13.0. The van der Waals surface area contributed by atoms with Crippen LogP contribution < -0.4 is 5.32 Å². The normalized spacial score (nSPS) is 12.6. The van der Waals surface area contributed by atoms with Gasteiger partial charge in [0.25, 0.3) is 0 Å². The molecule has 0 saturated heterocycles. The predicted octanol–water partition coefficient (Wildman–Crippen LogP) is 4.62. The van der Waals surface area contributed by atoms with Crippen LogP contribution in [-0.4, -0.2) is 6.54 Å². The van der Waals surface area contributed by atoms with Crippen molar-refractivity contribution in [2.45, 2.75) is 46.6 Å². The monoisotopic (exact) mass is 277 g/mol. The van der Waals surface area contributed by atoms with Crippen molar-refractivity contribution in [1.29, 1.82) is 0 Å². The lowest BCUT2D eigenvalue weighted by molar-refractivity contribution is 0.464. The van der Waals surface area contributed by atoms with Crippen molar-refractivity contribution in [3.63, 3.8) is 0 Å². The first-order valence-corrected chi connectivity index (χ1v) is 7.21. The highest BCUT2D eigenvalue weighted by Crippen LogP contribution is 2.35. The van der Waals surface area contributed by atoms with E-state index in [2.05, 4.69) is 39.9 Å². The molecule has 0 fully saturated rings. The Bertz CT molecular complexity index is 593. The van der Waals surface area contributed by atoms with E-state index in [9.17, 15) is 4.39 Å². The van der Waals surface area contributed by atoms with Crippen LogP contribution in [0, 0.1) is 11.7 Å². The maximum Gasteiger partial charge on any atom is 0.134 e. The molecule has 1 aromatic heterocycles. The summed E-state index contributed by atoms with van der Waals surface area (Å²) in [5.74, 6) is 1.29. The van der Waals surface area contributed by atoms with Gasteiger partial charge in [-0.15, -0.1) is 0 Å². The summed E-state index contributed by atoms with van der Waals surface area (Å²) in [6.07, 6.45) is 0. The molecule has 0 unspecified atom stereocenters. The van der Waals surface area contributed by atoms with E-state index in [-0.39, 0.29) is 11.2 Å². The molecule has 20 heavy (non-hydrogen) atoms. The number of rotatable bonds is 4. The van der Waals surface area contributed by atoms with Crippen LogP contribution in [0.3, 0.4) is 0 Å². The van der Waals surface area contributed by atoms with Crippen molar-refractivity contribution >= 4 is 11.0 Å². The Kier molecular flexibility index (Phi) is 4.19. The summed E-state index contributed by atoms with van der Waals surface area (Å²) in [6, 6.07) is 4.74. The van der Waals surface area contributed by atoms with Gasteiger partial charge < -0.3 is 9.73 Å². The number of halogens is 1. The lowest BCUT2D eigenvalue weighted by Crippen LogP contribution is -2.21. The first kappa shape index (κ1) is 15.0. The molecule has 0 bridgehead atoms. The lowest BCUT2D eigenvalue weighted by Gasteiger charge is -2.19. The second-order valence-corrected chi connectivity index (χ2v) is 6.82. The first-order chi connectivity index (χ1) is 9.29. The van der Waals surface area contributed by atoms with E-state index in [1.165, 1.54) is 6.07 Å². The Morgan fingerprint density at radius 3 is 2.55 bits per heavy atom. The highest BCUT2D eigenvalue weighted by atomic mass is 19.1. The third-order valence-electron chi connectivity index (χ3n) is 3.31. The van der Waals surface area contributed by atoms with Crippen molar-refractivity contribution in [1.82, 2.24) is 5.32 Å².